The van der Waals surface area contributed by atoms with Crippen molar-refractivity contribution < 1.29 is 24.2 Å². The molecule has 0 aliphatic heterocycles. The van der Waals surface area contributed by atoms with Gasteiger partial charge in [0, 0.05) is 0 Å². The monoisotopic (exact) mass is 1010 g/mol. The number of fused-ring (bicyclic) bond motifs is 3. The van der Waals surface area contributed by atoms with Crippen molar-refractivity contribution in [3.8, 4) is 22.3 Å². The van der Waals surface area contributed by atoms with E-state index in [1.165, 1.54) is 130 Å². The van der Waals surface area contributed by atoms with Crippen LogP contribution in [0.5, 0.6) is 0 Å². The third-order valence-corrected chi connectivity index (χ3v) is 15.2. The van der Waals surface area contributed by atoms with Crippen LogP contribution in [0.2, 0.25) is 0 Å². The minimum atomic E-state index is 0. The van der Waals surface area contributed by atoms with Crippen molar-refractivity contribution in [3.63, 3.8) is 0 Å². The second kappa shape index (κ2) is 24.7. The van der Waals surface area contributed by atoms with E-state index in [0.717, 1.165) is 19.3 Å². The normalized spacial score (nSPS) is 15.2. The second-order valence-corrected chi connectivity index (χ2v) is 23.1. The molecule has 2 saturated carbocycles. The van der Waals surface area contributed by atoms with Gasteiger partial charge >= 0.3 is 112 Å². The van der Waals surface area contributed by atoms with Gasteiger partial charge in [0.15, 0.2) is 0 Å². The molecular weight excluding hydrogens is 943 g/mol. The number of hydrogen-bond donors (Lipinski definition) is 0. The van der Waals surface area contributed by atoms with Crippen molar-refractivity contribution in [1.82, 2.24) is 0 Å². The third kappa shape index (κ3) is 13.4. The van der Waals surface area contributed by atoms with Gasteiger partial charge in [0.2, 0.25) is 0 Å². The molecule has 7 aromatic rings. The zero-order valence-electron chi connectivity index (χ0n) is 41.7. The Morgan fingerprint density at radius 1 is 0.515 bits per heavy atom. The summed E-state index contributed by atoms with van der Waals surface area (Å²) >= 11 is 1.55. The van der Waals surface area contributed by atoms with Gasteiger partial charge < -0.3 is 0 Å². The van der Waals surface area contributed by atoms with Crippen molar-refractivity contribution in [2.75, 3.05) is 0 Å². The summed E-state index contributed by atoms with van der Waals surface area (Å²) in [4.78, 5) is 0. The van der Waals surface area contributed by atoms with Crippen molar-refractivity contribution in [2.24, 2.45) is 0 Å². The van der Waals surface area contributed by atoms with Crippen LogP contribution in [0.1, 0.15) is 157 Å². The Kier molecular flexibility index (Phi) is 19.4. The first-order valence-corrected chi connectivity index (χ1v) is 26.4. The van der Waals surface area contributed by atoms with E-state index < -0.39 is 0 Å². The molecule has 0 atom stereocenters. The Morgan fingerprint density at radius 2 is 0.912 bits per heavy atom. The first kappa shape index (κ1) is 53.4. The van der Waals surface area contributed by atoms with Crippen LogP contribution >= 0.6 is 24.8 Å². The predicted octanol–water partition coefficient (Wildman–Crippen LogP) is 19.1. The number of benzene rings is 6. The summed E-state index contributed by atoms with van der Waals surface area (Å²) in [5.41, 5.74) is 14.8. The Bertz CT molecular complexity index is 2570. The molecule has 0 unspecified atom stereocenters. The SMILES string of the molecule is CC(C)(C)c1cc2c(cc1-c1ccccc1C1CCCCC1)[cH-]c1cc(-c3ccccc3C3CCCCC3)c(C(C)(C)C)cc12.Cl.Cl.[C-]1=CC=CC1.[Zr+2]=[C](Cc1ccccc1)Cc1ccccc1. The summed E-state index contributed by atoms with van der Waals surface area (Å²) in [6, 6.07) is 52.8. The van der Waals surface area contributed by atoms with E-state index >= 15 is 0 Å². The summed E-state index contributed by atoms with van der Waals surface area (Å²) in [5, 5.41) is 5.57. The van der Waals surface area contributed by atoms with Crippen molar-refractivity contribution in [1.29, 1.82) is 0 Å². The molecule has 68 heavy (non-hydrogen) atoms. The van der Waals surface area contributed by atoms with Crippen molar-refractivity contribution in [2.45, 2.75) is 148 Å². The van der Waals surface area contributed by atoms with Gasteiger partial charge in [0.25, 0.3) is 0 Å². The fourth-order valence-corrected chi connectivity index (χ4v) is 11.9. The van der Waals surface area contributed by atoms with Gasteiger partial charge in [-0.1, -0.05) is 141 Å². The molecule has 0 radical (unpaired) electrons. The Labute approximate surface area is 437 Å². The van der Waals surface area contributed by atoms with Gasteiger partial charge in [-0.05, 0) is 92.9 Å². The molecule has 352 valence electrons. The zero-order chi connectivity index (χ0) is 46.1. The standard InChI is InChI=1S/C45H53.C15H14.C5H5.2ClH.Zr/c1-44(2,3)42-28-38-32(26-40(42)36-23-15-13-21-34(36)30-17-9-7-10-18-30)25-33-27-41(43(29-39(33)38)45(4,5)6)37-24-16-14-22-35(37)31-19-11-8-12-20-31;1-3-8-14(9-4-1)12-7-13-15-10-5-2-6-11-15;1-2-4-5-3-1;;;/h13-16,21-31H,7-12,17-20H2,1-6H3;1-6,8-11H,12-13H2;1-3H,4H2;2*1H;/q-1;;-1;;;+2. The summed E-state index contributed by atoms with van der Waals surface area (Å²) in [6.07, 6.45) is 25.8. The van der Waals surface area contributed by atoms with Gasteiger partial charge in [-0.3, -0.25) is 6.08 Å². The van der Waals surface area contributed by atoms with E-state index in [9.17, 15) is 0 Å². The molecule has 3 aliphatic rings. The number of rotatable bonds is 8. The van der Waals surface area contributed by atoms with E-state index in [0.29, 0.717) is 11.8 Å². The van der Waals surface area contributed by atoms with Gasteiger partial charge in [-0.25, -0.2) is 12.2 Å². The van der Waals surface area contributed by atoms with Crippen LogP contribution in [0.3, 0.4) is 0 Å². The fourth-order valence-electron chi connectivity index (χ4n) is 10.9. The molecule has 3 aliphatic carbocycles. The molecule has 10 rings (SSSR count). The van der Waals surface area contributed by atoms with Gasteiger partial charge in [-0.15, -0.1) is 71.0 Å². The van der Waals surface area contributed by atoms with Gasteiger partial charge in [0.05, 0.1) is 0 Å². The van der Waals surface area contributed by atoms with Crippen molar-refractivity contribution in [3.05, 3.63) is 197 Å². The van der Waals surface area contributed by atoms with E-state index in [-0.39, 0.29) is 35.6 Å². The van der Waals surface area contributed by atoms with E-state index in [4.69, 9.17) is 0 Å². The van der Waals surface area contributed by atoms with Crippen LogP contribution < -0.4 is 0 Å². The quantitative estimate of drug-likeness (QED) is 0.133. The maximum atomic E-state index is 2.99. The van der Waals surface area contributed by atoms with Crippen LogP contribution in [0, 0.1) is 6.08 Å². The van der Waals surface area contributed by atoms with Crippen LogP contribution in [0.25, 0.3) is 43.8 Å². The van der Waals surface area contributed by atoms with Crippen LogP contribution in [-0.2, 0) is 47.9 Å². The molecule has 3 heteroatoms. The average molecular weight is 1020 g/mol. The maximum absolute atomic E-state index is 2.99. The summed E-state index contributed by atoms with van der Waals surface area (Å²) in [7, 11) is 0. The number of allylic oxidation sites excluding steroid dienone is 4. The second-order valence-electron chi connectivity index (χ2n) is 21.4. The Balaban J connectivity index is 0.000000274. The minimum absolute atomic E-state index is 0. The average Bonchev–Trinajstić information content (AvgIpc) is 4.04. The molecule has 0 bridgehead atoms. The van der Waals surface area contributed by atoms with E-state index in [1.54, 1.807) is 38.6 Å². The summed E-state index contributed by atoms with van der Waals surface area (Å²) in [5.74, 6) is 1.36. The zero-order valence-corrected chi connectivity index (χ0v) is 45.8. The fraction of sp³-hybridized carbons (Fsp3) is 0.354. The number of halogens is 2. The summed E-state index contributed by atoms with van der Waals surface area (Å²) < 4.78 is 1.60. The molecule has 7 aromatic carbocycles. The molecule has 0 nitrogen and oxygen atoms in total. The summed E-state index contributed by atoms with van der Waals surface area (Å²) in [6.45, 7) is 14.4. The van der Waals surface area contributed by atoms with Gasteiger partial charge in [0.1, 0.15) is 0 Å². The van der Waals surface area contributed by atoms with E-state index in [1.807, 2.05) is 12.2 Å². The predicted molar refractivity (Wildman–Crippen MR) is 298 cm³/mol. The molecular formula is C65H74Cl2Zr. The molecule has 2 fully saturated rings. The van der Waals surface area contributed by atoms with E-state index in [2.05, 4.69) is 193 Å². The van der Waals surface area contributed by atoms with Crippen LogP contribution in [-0.4, -0.2) is 3.21 Å². The van der Waals surface area contributed by atoms with Crippen LogP contribution in [0.4, 0.5) is 0 Å². The number of hydrogen-bond acceptors (Lipinski definition) is 0. The first-order chi connectivity index (χ1) is 31.9. The molecule has 0 saturated heterocycles. The molecule has 0 heterocycles. The third-order valence-electron chi connectivity index (χ3n) is 14.3. The Morgan fingerprint density at radius 3 is 1.26 bits per heavy atom. The molecule has 0 N–H and O–H groups in total. The topological polar surface area (TPSA) is 0 Å². The molecule has 0 amide bonds. The van der Waals surface area contributed by atoms with Crippen LogP contribution in [0.15, 0.2) is 158 Å². The van der Waals surface area contributed by atoms with Gasteiger partial charge in [-0.2, -0.15) is 6.08 Å². The first-order valence-electron chi connectivity index (χ1n) is 25.2. The Hall–Kier alpha value is -4.00. The van der Waals surface area contributed by atoms with Crippen molar-refractivity contribution >= 4 is 49.6 Å². The molecule has 0 spiro atoms. The molecule has 0 aromatic heterocycles.